The standard InChI is InChI=1S/C17H30N4O3S2/c1-8-24-15(22)13-11(2)20-14(25-13)12(3)21-16(18-7)19-9-10-26(23)17(4,5)6/h12H,8-10H2,1-7H3,(H2,18,19,21). The fourth-order valence-corrected chi connectivity index (χ4v) is 3.88. The van der Waals surface area contributed by atoms with Crippen molar-refractivity contribution in [2.75, 3.05) is 26.0 Å². The average molecular weight is 403 g/mol. The molecule has 0 bridgehead atoms. The van der Waals surface area contributed by atoms with Crippen molar-refractivity contribution in [3.63, 3.8) is 0 Å². The summed E-state index contributed by atoms with van der Waals surface area (Å²) in [4.78, 5) is 21.1. The first-order chi connectivity index (χ1) is 12.1. The minimum atomic E-state index is -0.919. The fraction of sp³-hybridized carbons (Fsp3) is 0.706. The molecule has 1 aromatic rings. The molecule has 26 heavy (non-hydrogen) atoms. The molecule has 0 aliphatic carbocycles. The highest BCUT2D eigenvalue weighted by atomic mass is 32.2. The molecular formula is C17H30N4O3S2. The van der Waals surface area contributed by atoms with Crippen LogP contribution in [-0.4, -0.2) is 51.8 Å². The Morgan fingerprint density at radius 1 is 1.42 bits per heavy atom. The van der Waals surface area contributed by atoms with Gasteiger partial charge in [0.05, 0.1) is 18.3 Å². The van der Waals surface area contributed by atoms with Crippen molar-refractivity contribution in [1.82, 2.24) is 15.6 Å². The summed E-state index contributed by atoms with van der Waals surface area (Å²) >= 11 is 1.32. The van der Waals surface area contributed by atoms with Gasteiger partial charge >= 0.3 is 5.97 Å². The Morgan fingerprint density at radius 3 is 2.62 bits per heavy atom. The summed E-state index contributed by atoms with van der Waals surface area (Å²) in [6.45, 7) is 12.3. The summed E-state index contributed by atoms with van der Waals surface area (Å²) in [7, 11) is 0.762. The van der Waals surface area contributed by atoms with Crippen molar-refractivity contribution in [1.29, 1.82) is 0 Å². The van der Waals surface area contributed by atoms with E-state index in [2.05, 4.69) is 20.6 Å². The van der Waals surface area contributed by atoms with Crippen LogP contribution in [0.2, 0.25) is 0 Å². The average Bonchev–Trinajstić information content (AvgIpc) is 2.95. The SMILES string of the molecule is CCOC(=O)c1sc(C(C)NC(=NC)NCCS(=O)C(C)(C)C)nc1C. The molecule has 2 unspecified atom stereocenters. The van der Waals surface area contributed by atoms with Gasteiger partial charge in [0.25, 0.3) is 0 Å². The van der Waals surface area contributed by atoms with Crippen LogP contribution in [0.15, 0.2) is 4.99 Å². The molecule has 9 heteroatoms. The van der Waals surface area contributed by atoms with E-state index in [9.17, 15) is 9.00 Å². The van der Waals surface area contributed by atoms with Crippen LogP contribution in [-0.2, 0) is 15.5 Å². The zero-order chi connectivity index (χ0) is 19.9. The van der Waals surface area contributed by atoms with Crippen molar-refractivity contribution in [2.45, 2.75) is 52.3 Å². The number of carbonyl (C=O) groups is 1. The van der Waals surface area contributed by atoms with Gasteiger partial charge in [-0.3, -0.25) is 9.20 Å². The van der Waals surface area contributed by atoms with Crippen LogP contribution < -0.4 is 10.6 Å². The lowest BCUT2D eigenvalue weighted by atomic mass is 10.3. The Morgan fingerprint density at radius 2 is 2.08 bits per heavy atom. The molecule has 0 aliphatic rings. The van der Waals surface area contributed by atoms with Gasteiger partial charge in [-0.05, 0) is 41.5 Å². The molecule has 0 saturated carbocycles. The van der Waals surface area contributed by atoms with E-state index in [1.807, 2.05) is 27.7 Å². The van der Waals surface area contributed by atoms with E-state index in [1.54, 1.807) is 20.9 Å². The van der Waals surface area contributed by atoms with Crippen molar-refractivity contribution in [3.05, 3.63) is 15.6 Å². The number of nitrogens with one attached hydrogen (secondary N) is 2. The number of aryl methyl sites for hydroxylation is 1. The van der Waals surface area contributed by atoms with E-state index in [0.717, 1.165) is 5.01 Å². The number of carbonyl (C=O) groups excluding carboxylic acids is 1. The predicted molar refractivity (Wildman–Crippen MR) is 108 cm³/mol. The highest BCUT2D eigenvalue weighted by Crippen LogP contribution is 2.24. The maximum atomic E-state index is 12.1. The molecule has 0 fully saturated rings. The summed E-state index contributed by atoms with van der Waals surface area (Å²) in [5.41, 5.74) is 0.667. The second kappa shape index (κ2) is 10.0. The van der Waals surface area contributed by atoms with Crippen LogP contribution in [0.25, 0.3) is 0 Å². The maximum absolute atomic E-state index is 12.1. The third-order valence-corrected chi connectivity index (χ3v) is 6.75. The predicted octanol–water partition coefficient (Wildman–Crippen LogP) is 2.40. The van der Waals surface area contributed by atoms with Crippen molar-refractivity contribution in [2.24, 2.45) is 4.99 Å². The first-order valence-electron chi connectivity index (χ1n) is 8.60. The minimum Gasteiger partial charge on any atom is -0.462 e. The van der Waals surface area contributed by atoms with Gasteiger partial charge in [-0.2, -0.15) is 0 Å². The van der Waals surface area contributed by atoms with E-state index >= 15 is 0 Å². The lowest BCUT2D eigenvalue weighted by Gasteiger charge is -2.19. The van der Waals surface area contributed by atoms with Crippen molar-refractivity contribution >= 4 is 34.1 Å². The molecule has 1 aromatic heterocycles. The van der Waals surface area contributed by atoms with Crippen LogP contribution in [0.4, 0.5) is 0 Å². The lowest BCUT2D eigenvalue weighted by Crippen LogP contribution is -2.41. The number of aromatic nitrogens is 1. The smallest absolute Gasteiger partial charge is 0.350 e. The molecule has 1 rings (SSSR count). The maximum Gasteiger partial charge on any atom is 0.350 e. The summed E-state index contributed by atoms with van der Waals surface area (Å²) in [6, 6.07) is -0.124. The van der Waals surface area contributed by atoms with Crippen LogP contribution in [0.5, 0.6) is 0 Å². The molecule has 148 valence electrons. The van der Waals surface area contributed by atoms with Gasteiger partial charge < -0.3 is 15.4 Å². The summed E-state index contributed by atoms with van der Waals surface area (Å²) in [6.07, 6.45) is 0. The number of rotatable bonds is 7. The van der Waals surface area contributed by atoms with E-state index in [0.29, 0.717) is 35.4 Å². The van der Waals surface area contributed by atoms with Crippen LogP contribution in [0.1, 0.15) is 61.0 Å². The number of hydrogen-bond acceptors (Lipinski definition) is 6. The molecule has 0 amide bonds. The van der Waals surface area contributed by atoms with E-state index in [1.165, 1.54) is 11.3 Å². The zero-order valence-corrected chi connectivity index (χ0v) is 18.3. The molecule has 0 saturated heterocycles. The van der Waals surface area contributed by atoms with Crippen LogP contribution in [0.3, 0.4) is 0 Å². The molecular weight excluding hydrogens is 372 g/mol. The number of guanidine groups is 1. The first-order valence-corrected chi connectivity index (χ1v) is 10.7. The molecule has 2 N–H and O–H groups in total. The van der Waals surface area contributed by atoms with Gasteiger partial charge in [0.2, 0.25) is 0 Å². The summed E-state index contributed by atoms with van der Waals surface area (Å²) < 4.78 is 16.9. The molecule has 0 radical (unpaired) electrons. The minimum absolute atomic E-state index is 0.124. The van der Waals surface area contributed by atoms with Gasteiger partial charge in [-0.15, -0.1) is 11.3 Å². The Hall–Kier alpha value is -1.48. The Balaban J connectivity index is 2.65. The van der Waals surface area contributed by atoms with E-state index < -0.39 is 10.8 Å². The quantitative estimate of drug-likeness (QED) is 0.413. The highest BCUT2D eigenvalue weighted by Gasteiger charge is 2.21. The number of thiazole rings is 1. The van der Waals surface area contributed by atoms with Gasteiger partial charge in [-0.25, -0.2) is 9.78 Å². The normalized spacial score (nSPS) is 14.7. The van der Waals surface area contributed by atoms with E-state index in [-0.39, 0.29) is 16.8 Å². The Bertz CT molecular complexity index is 665. The Labute approximate surface area is 162 Å². The largest absolute Gasteiger partial charge is 0.462 e. The lowest BCUT2D eigenvalue weighted by molar-refractivity contribution is 0.0531. The molecule has 0 aromatic carbocycles. The van der Waals surface area contributed by atoms with Crippen molar-refractivity contribution < 1.29 is 13.7 Å². The number of hydrogen-bond donors (Lipinski definition) is 2. The molecule has 7 nitrogen and oxygen atoms in total. The van der Waals surface area contributed by atoms with Gasteiger partial charge in [-0.1, -0.05) is 0 Å². The zero-order valence-electron chi connectivity index (χ0n) is 16.6. The number of aliphatic imine (C=N–C) groups is 1. The third-order valence-electron chi connectivity index (χ3n) is 3.48. The second-order valence-corrected chi connectivity index (χ2v) is 10.1. The van der Waals surface area contributed by atoms with Gasteiger partial charge in [0.1, 0.15) is 9.88 Å². The third kappa shape index (κ3) is 6.68. The molecule has 0 aliphatic heterocycles. The van der Waals surface area contributed by atoms with Gasteiger partial charge in [0, 0.05) is 34.9 Å². The summed E-state index contributed by atoms with van der Waals surface area (Å²) in [5.74, 6) is 0.809. The molecule has 1 heterocycles. The monoisotopic (exact) mass is 402 g/mol. The highest BCUT2D eigenvalue weighted by molar-refractivity contribution is 7.86. The molecule has 0 spiro atoms. The topological polar surface area (TPSA) is 92.7 Å². The van der Waals surface area contributed by atoms with Crippen LogP contribution in [0, 0.1) is 6.92 Å². The second-order valence-electron chi connectivity index (χ2n) is 6.71. The van der Waals surface area contributed by atoms with Crippen LogP contribution >= 0.6 is 11.3 Å². The fourth-order valence-electron chi connectivity index (χ4n) is 2.02. The van der Waals surface area contributed by atoms with Gasteiger partial charge in [0.15, 0.2) is 5.96 Å². The molecule has 2 atom stereocenters. The van der Waals surface area contributed by atoms with Crippen molar-refractivity contribution in [3.8, 4) is 0 Å². The first kappa shape index (κ1) is 22.6. The number of esters is 1. The van der Waals surface area contributed by atoms with E-state index in [4.69, 9.17) is 4.74 Å². The number of ether oxygens (including phenoxy) is 1. The summed E-state index contributed by atoms with van der Waals surface area (Å²) in [5, 5.41) is 7.20. The number of nitrogens with zero attached hydrogens (tertiary/aromatic N) is 2. The Kier molecular flexibility index (Phi) is 8.69.